The molecule has 2 aromatic rings. The Morgan fingerprint density at radius 3 is 2.50 bits per heavy atom. The first-order chi connectivity index (χ1) is 8.72. The van der Waals surface area contributed by atoms with Gasteiger partial charge in [-0.15, -0.1) is 0 Å². The zero-order valence-corrected chi connectivity index (χ0v) is 10.9. The third-order valence-electron chi connectivity index (χ3n) is 2.35. The normalized spacial score (nSPS) is 9.28. The summed E-state index contributed by atoms with van der Waals surface area (Å²) in [6.07, 6.45) is 0. The minimum Gasteiger partial charge on any atom is -0.354 e. The van der Waals surface area contributed by atoms with Crippen molar-refractivity contribution in [2.45, 2.75) is 0 Å². The fraction of sp³-hybridized carbons (Fsp3) is 0. The molecule has 0 aliphatic rings. The fourth-order valence-electron chi connectivity index (χ4n) is 1.57. The second-order valence-corrected chi connectivity index (χ2v) is 4.54. The second kappa shape index (κ2) is 5.35. The molecule has 0 saturated heterocycles. The van der Waals surface area contributed by atoms with E-state index < -0.39 is 0 Å². The van der Waals surface area contributed by atoms with Gasteiger partial charge in [-0.3, -0.25) is 0 Å². The molecular formula is C14H8BrN3. The monoisotopic (exact) mass is 297 g/mol. The molecule has 0 heterocycles. The first kappa shape index (κ1) is 12.2. The summed E-state index contributed by atoms with van der Waals surface area (Å²) >= 11 is 3.35. The Kier molecular flexibility index (Phi) is 3.62. The number of hydrogen-bond donors (Lipinski definition) is 1. The first-order valence-corrected chi connectivity index (χ1v) is 5.99. The molecule has 2 aromatic carbocycles. The van der Waals surface area contributed by atoms with Crippen LogP contribution in [0.2, 0.25) is 0 Å². The first-order valence-electron chi connectivity index (χ1n) is 5.20. The molecule has 0 amide bonds. The second-order valence-electron chi connectivity index (χ2n) is 3.62. The van der Waals surface area contributed by atoms with Gasteiger partial charge in [0.25, 0.3) is 0 Å². The largest absolute Gasteiger partial charge is 0.354 e. The van der Waals surface area contributed by atoms with Crippen molar-refractivity contribution in [3.63, 3.8) is 0 Å². The van der Waals surface area contributed by atoms with Gasteiger partial charge < -0.3 is 5.32 Å². The third kappa shape index (κ3) is 2.68. The van der Waals surface area contributed by atoms with Crippen LogP contribution in [0, 0.1) is 22.7 Å². The van der Waals surface area contributed by atoms with Crippen LogP contribution in [0.4, 0.5) is 11.4 Å². The van der Waals surface area contributed by atoms with Gasteiger partial charge in [0.1, 0.15) is 6.07 Å². The van der Waals surface area contributed by atoms with E-state index in [-0.39, 0.29) is 0 Å². The SMILES string of the molecule is N#Cc1cc(Br)cc(Nc2ccccc2C#N)c1. The van der Waals surface area contributed by atoms with E-state index in [2.05, 4.69) is 33.4 Å². The maximum Gasteiger partial charge on any atom is 0.101 e. The topological polar surface area (TPSA) is 59.6 Å². The molecule has 4 heteroatoms. The molecule has 0 aliphatic carbocycles. The molecule has 2 rings (SSSR count). The average molecular weight is 298 g/mol. The van der Waals surface area contributed by atoms with Crippen molar-refractivity contribution in [3.8, 4) is 12.1 Å². The number of anilines is 2. The Morgan fingerprint density at radius 2 is 1.78 bits per heavy atom. The number of hydrogen-bond acceptors (Lipinski definition) is 3. The van der Waals surface area contributed by atoms with E-state index in [0.29, 0.717) is 11.1 Å². The van der Waals surface area contributed by atoms with E-state index in [9.17, 15) is 0 Å². The molecule has 0 aromatic heterocycles. The zero-order chi connectivity index (χ0) is 13.0. The molecule has 0 radical (unpaired) electrons. The Morgan fingerprint density at radius 1 is 1.00 bits per heavy atom. The number of nitrogens with one attached hydrogen (secondary N) is 1. The van der Waals surface area contributed by atoms with Gasteiger partial charge in [0.05, 0.1) is 22.9 Å². The lowest BCUT2D eigenvalue weighted by Crippen LogP contribution is -1.94. The van der Waals surface area contributed by atoms with E-state index in [4.69, 9.17) is 10.5 Å². The van der Waals surface area contributed by atoms with Crippen LogP contribution in [0.1, 0.15) is 11.1 Å². The standard InChI is InChI=1S/C14H8BrN3/c15-12-5-10(8-16)6-13(7-12)18-14-4-2-1-3-11(14)9-17/h1-7,18H. The summed E-state index contributed by atoms with van der Waals surface area (Å²) in [7, 11) is 0. The zero-order valence-electron chi connectivity index (χ0n) is 9.31. The van der Waals surface area contributed by atoms with Crippen molar-refractivity contribution in [2.75, 3.05) is 5.32 Å². The molecule has 0 saturated carbocycles. The fourth-order valence-corrected chi connectivity index (χ4v) is 2.06. The maximum absolute atomic E-state index is 9.00. The summed E-state index contributed by atoms with van der Waals surface area (Å²) in [5, 5.41) is 21.0. The maximum atomic E-state index is 9.00. The minimum atomic E-state index is 0.557. The highest BCUT2D eigenvalue weighted by Crippen LogP contribution is 2.24. The van der Waals surface area contributed by atoms with Gasteiger partial charge in [0.2, 0.25) is 0 Å². The van der Waals surface area contributed by atoms with Crippen molar-refractivity contribution in [3.05, 3.63) is 58.1 Å². The number of rotatable bonds is 2. The molecule has 1 N–H and O–H groups in total. The number of nitrogens with zero attached hydrogens (tertiary/aromatic N) is 2. The van der Waals surface area contributed by atoms with Crippen LogP contribution < -0.4 is 5.32 Å². The van der Waals surface area contributed by atoms with Gasteiger partial charge in [-0.2, -0.15) is 10.5 Å². The Labute approximate surface area is 113 Å². The summed E-state index contributed by atoms with van der Waals surface area (Å²) in [5.74, 6) is 0. The molecule has 86 valence electrons. The summed E-state index contributed by atoms with van der Waals surface area (Å²) in [6, 6.07) is 16.8. The van der Waals surface area contributed by atoms with Gasteiger partial charge in [0, 0.05) is 10.2 Å². The van der Waals surface area contributed by atoms with E-state index >= 15 is 0 Å². The molecule has 0 bridgehead atoms. The van der Waals surface area contributed by atoms with E-state index in [1.807, 2.05) is 24.3 Å². The predicted octanol–water partition coefficient (Wildman–Crippen LogP) is 3.94. The Hall–Kier alpha value is -2.30. The molecule has 0 aliphatic heterocycles. The lowest BCUT2D eigenvalue weighted by Gasteiger charge is -2.08. The summed E-state index contributed by atoms with van der Waals surface area (Å²) in [5.41, 5.74) is 2.61. The quantitative estimate of drug-likeness (QED) is 0.913. The highest BCUT2D eigenvalue weighted by molar-refractivity contribution is 9.10. The van der Waals surface area contributed by atoms with Crippen LogP contribution in [0.25, 0.3) is 0 Å². The van der Waals surface area contributed by atoms with Gasteiger partial charge in [0.15, 0.2) is 0 Å². The van der Waals surface area contributed by atoms with Crippen molar-refractivity contribution in [1.29, 1.82) is 10.5 Å². The van der Waals surface area contributed by atoms with E-state index in [1.54, 1.807) is 18.2 Å². The number of halogens is 1. The van der Waals surface area contributed by atoms with Gasteiger partial charge >= 0.3 is 0 Å². The number of nitriles is 2. The number of benzene rings is 2. The van der Waals surface area contributed by atoms with Gasteiger partial charge in [-0.05, 0) is 30.3 Å². The lowest BCUT2D eigenvalue weighted by atomic mass is 10.1. The van der Waals surface area contributed by atoms with Crippen molar-refractivity contribution >= 4 is 27.3 Å². The molecule has 0 spiro atoms. The molecule has 0 fully saturated rings. The van der Waals surface area contributed by atoms with Crippen LogP contribution >= 0.6 is 15.9 Å². The molecule has 0 unspecified atom stereocenters. The van der Waals surface area contributed by atoms with Crippen LogP contribution in [0.15, 0.2) is 46.9 Å². The van der Waals surface area contributed by atoms with Crippen molar-refractivity contribution in [2.24, 2.45) is 0 Å². The lowest BCUT2D eigenvalue weighted by molar-refractivity contribution is 1.44. The number of para-hydroxylation sites is 1. The molecule has 18 heavy (non-hydrogen) atoms. The summed E-state index contributed by atoms with van der Waals surface area (Å²) < 4.78 is 0.818. The van der Waals surface area contributed by atoms with E-state index in [1.165, 1.54) is 0 Å². The highest BCUT2D eigenvalue weighted by Gasteiger charge is 2.03. The van der Waals surface area contributed by atoms with Crippen LogP contribution in [0.5, 0.6) is 0 Å². The predicted molar refractivity (Wildman–Crippen MR) is 73.3 cm³/mol. The van der Waals surface area contributed by atoms with Crippen LogP contribution in [0.3, 0.4) is 0 Å². The molecule has 3 nitrogen and oxygen atoms in total. The molecule has 0 atom stereocenters. The Bertz CT molecular complexity index is 665. The minimum absolute atomic E-state index is 0.557. The smallest absolute Gasteiger partial charge is 0.101 e. The highest BCUT2D eigenvalue weighted by atomic mass is 79.9. The van der Waals surface area contributed by atoms with E-state index in [0.717, 1.165) is 15.8 Å². The van der Waals surface area contributed by atoms with Crippen LogP contribution in [-0.4, -0.2) is 0 Å². The summed E-state index contributed by atoms with van der Waals surface area (Å²) in [4.78, 5) is 0. The third-order valence-corrected chi connectivity index (χ3v) is 2.81. The van der Waals surface area contributed by atoms with Crippen LogP contribution in [-0.2, 0) is 0 Å². The van der Waals surface area contributed by atoms with Gasteiger partial charge in [-0.25, -0.2) is 0 Å². The average Bonchev–Trinajstić information content (AvgIpc) is 2.38. The van der Waals surface area contributed by atoms with Gasteiger partial charge in [-0.1, -0.05) is 28.1 Å². The van der Waals surface area contributed by atoms with Crippen molar-refractivity contribution in [1.82, 2.24) is 0 Å². The van der Waals surface area contributed by atoms with Crippen molar-refractivity contribution < 1.29 is 0 Å². The Balaban J connectivity index is 2.38. The summed E-state index contributed by atoms with van der Waals surface area (Å²) in [6.45, 7) is 0. The molecular weight excluding hydrogens is 290 g/mol.